The minimum atomic E-state index is -0.0119. The molecule has 0 atom stereocenters. The molecule has 1 N–H and O–H groups in total. The number of aromatic nitrogens is 2. The zero-order valence-electron chi connectivity index (χ0n) is 14.2. The minimum Gasteiger partial charge on any atom is -0.310 e. The summed E-state index contributed by atoms with van der Waals surface area (Å²) in [5, 5.41) is 4.05. The lowest BCUT2D eigenvalue weighted by molar-refractivity contribution is 0.611. The number of nitrogens with one attached hydrogen (secondary N) is 1. The van der Waals surface area contributed by atoms with Crippen LogP contribution in [0.4, 0.5) is 0 Å². The normalized spacial score (nSPS) is 11.1. The molecule has 0 aliphatic carbocycles. The van der Waals surface area contributed by atoms with E-state index in [-0.39, 0.29) is 5.56 Å². The molecule has 0 saturated carbocycles. The number of rotatable bonds is 6. The average molecular weight is 321 g/mol. The summed E-state index contributed by atoms with van der Waals surface area (Å²) in [6.07, 6.45) is 2.25. The van der Waals surface area contributed by atoms with Gasteiger partial charge in [-0.1, -0.05) is 43.7 Å². The molecule has 24 heavy (non-hydrogen) atoms. The van der Waals surface area contributed by atoms with Crippen molar-refractivity contribution < 1.29 is 0 Å². The molecule has 0 aliphatic rings. The van der Waals surface area contributed by atoms with E-state index in [4.69, 9.17) is 4.98 Å². The highest BCUT2D eigenvalue weighted by molar-refractivity contribution is 5.77. The lowest BCUT2D eigenvalue weighted by Gasteiger charge is -2.16. The molecule has 0 saturated heterocycles. The summed E-state index contributed by atoms with van der Waals surface area (Å²) < 4.78 is 1.75. The van der Waals surface area contributed by atoms with E-state index in [1.807, 2.05) is 55.5 Å². The first-order chi connectivity index (χ1) is 11.7. The van der Waals surface area contributed by atoms with Crippen LogP contribution in [0.2, 0.25) is 0 Å². The highest BCUT2D eigenvalue weighted by Gasteiger charge is 2.13. The van der Waals surface area contributed by atoms with Gasteiger partial charge in [0.05, 0.1) is 23.1 Å². The molecule has 0 amide bonds. The van der Waals surface area contributed by atoms with Crippen LogP contribution < -0.4 is 10.9 Å². The van der Waals surface area contributed by atoms with Gasteiger partial charge in [-0.15, -0.1) is 0 Å². The van der Waals surface area contributed by atoms with Crippen molar-refractivity contribution in [3.8, 4) is 5.69 Å². The fraction of sp³-hybridized carbons (Fsp3) is 0.300. The van der Waals surface area contributed by atoms with Crippen molar-refractivity contribution in [2.45, 2.75) is 33.2 Å². The molecular formula is C20H23N3O. The highest BCUT2D eigenvalue weighted by atomic mass is 16.1. The quantitative estimate of drug-likeness (QED) is 0.706. The molecular weight excluding hydrogens is 298 g/mol. The summed E-state index contributed by atoms with van der Waals surface area (Å²) in [5.41, 5.74) is 2.70. The second-order valence-electron chi connectivity index (χ2n) is 6.00. The highest BCUT2D eigenvalue weighted by Crippen LogP contribution is 2.16. The molecule has 3 aromatic rings. The van der Waals surface area contributed by atoms with Crippen LogP contribution in [-0.4, -0.2) is 16.1 Å². The number of aryl methyl sites for hydroxylation is 1. The van der Waals surface area contributed by atoms with Gasteiger partial charge in [0.15, 0.2) is 0 Å². The van der Waals surface area contributed by atoms with Crippen LogP contribution in [0.1, 0.15) is 31.2 Å². The van der Waals surface area contributed by atoms with E-state index in [2.05, 4.69) is 12.2 Å². The summed E-state index contributed by atoms with van der Waals surface area (Å²) in [6.45, 7) is 5.69. The van der Waals surface area contributed by atoms with Gasteiger partial charge in [0.1, 0.15) is 5.82 Å². The molecule has 0 aliphatic heterocycles. The zero-order valence-corrected chi connectivity index (χ0v) is 14.2. The molecule has 2 aromatic carbocycles. The van der Waals surface area contributed by atoms with Gasteiger partial charge in [0.2, 0.25) is 0 Å². The smallest absolute Gasteiger partial charge is 0.266 e. The molecule has 4 nitrogen and oxygen atoms in total. The van der Waals surface area contributed by atoms with E-state index in [1.165, 1.54) is 0 Å². The Balaban J connectivity index is 2.15. The lowest BCUT2D eigenvalue weighted by Crippen LogP contribution is -2.28. The Bertz CT molecular complexity index is 899. The zero-order chi connectivity index (χ0) is 16.9. The second kappa shape index (κ2) is 7.41. The fourth-order valence-electron chi connectivity index (χ4n) is 2.86. The van der Waals surface area contributed by atoms with Crippen molar-refractivity contribution in [1.29, 1.82) is 0 Å². The SMILES string of the molecule is CCCCNCc1nc2ccccc2c(=O)n1-c1ccccc1C. The Kier molecular flexibility index (Phi) is 5.06. The van der Waals surface area contributed by atoms with E-state index in [1.54, 1.807) is 4.57 Å². The maximum Gasteiger partial charge on any atom is 0.266 e. The molecule has 0 fully saturated rings. The van der Waals surface area contributed by atoms with Crippen molar-refractivity contribution in [3.05, 3.63) is 70.3 Å². The Morgan fingerprint density at radius 3 is 2.62 bits per heavy atom. The predicted octanol–water partition coefficient (Wildman–Crippen LogP) is 3.58. The second-order valence-corrected chi connectivity index (χ2v) is 6.00. The van der Waals surface area contributed by atoms with E-state index < -0.39 is 0 Å². The number of hydrogen-bond donors (Lipinski definition) is 1. The molecule has 0 radical (unpaired) electrons. The van der Waals surface area contributed by atoms with Crippen LogP contribution >= 0.6 is 0 Å². The standard InChI is InChI=1S/C20H23N3O/c1-3-4-13-21-14-19-22-17-11-7-6-10-16(17)20(24)23(19)18-12-8-5-9-15(18)2/h5-12,21H,3-4,13-14H2,1-2H3. The van der Waals surface area contributed by atoms with E-state index in [9.17, 15) is 4.79 Å². The Labute approximate surface area is 142 Å². The maximum atomic E-state index is 13.1. The van der Waals surface area contributed by atoms with Crippen molar-refractivity contribution in [2.75, 3.05) is 6.54 Å². The van der Waals surface area contributed by atoms with E-state index >= 15 is 0 Å². The number of benzene rings is 2. The van der Waals surface area contributed by atoms with Gasteiger partial charge in [-0.3, -0.25) is 9.36 Å². The Morgan fingerprint density at radius 1 is 1.08 bits per heavy atom. The Hall–Kier alpha value is -2.46. The number of para-hydroxylation sites is 2. The van der Waals surface area contributed by atoms with Crippen molar-refractivity contribution in [3.63, 3.8) is 0 Å². The number of hydrogen-bond acceptors (Lipinski definition) is 3. The summed E-state index contributed by atoms with van der Waals surface area (Å²) >= 11 is 0. The van der Waals surface area contributed by atoms with E-state index in [0.717, 1.165) is 42.0 Å². The third-order valence-electron chi connectivity index (χ3n) is 4.19. The number of fused-ring (bicyclic) bond motifs is 1. The number of unbranched alkanes of at least 4 members (excludes halogenated alkanes) is 1. The van der Waals surface area contributed by atoms with Gasteiger partial charge in [-0.2, -0.15) is 0 Å². The van der Waals surface area contributed by atoms with Gasteiger partial charge in [-0.25, -0.2) is 4.98 Å². The largest absolute Gasteiger partial charge is 0.310 e. The van der Waals surface area contributed by atoms with Crippen LogP contribution in [-0.2, 0) is 6.54 Å². The van der Waals surface area contributed by atoms with Crippen molar-refractivity contribution >= 4 is 10.9 Å². The van der Waals surface area contributed by atoms with Crippen molar-refractivity contribution in [2.24, 2.45) is 0 Å². The third kappa shape index (κ3) is 3.24. The van der Waals surface area contributed by atoms with Crippen LogP contribution in [0.15, 0.2) is 53.3 Å². The van der Waals surface area contributed by atoms with Gasteiger partial charge < -0.3 is 5.32 Å². The monoisotopic (exact) mass is 321 g/mol. The van der Waals surface area contributed by atoms with Gasteiger partial charge in [-0.05, 0) is 43.7 Å². The van der Waals surface area contributed by atoms with Crippen LogP contribution in [0.5, 0.6) is 0 Å². The molecule has 0 spiro atoms. The first-order valence-electron chi connectivity index (χ1n) is 8.49. The van der Waals surface area contributed by atoms with Gasteiger partial charge >= 0.3 is 0 Å². The van der Waals surface area contributed by atoms with Gasteiger partial charge in [0, 0.05) is 0 Å². The van der Waals surface area contributed by atoms with Crippen LogP contribution in [0.3, 0.4) is 0 Å². The summed E-state index contributed by atoms with van der Waals surface area (Å²) in [5.74, 6) is 0.754. The van der Waals surface area contributed by atoms with Crippen LogP contribution in [0, 0.1) is 6.92 Å². The molecule has 3 rings (SSSR count). The first kappa shape index (κ1) is 16.4. The first-order valence-corrected chi connectivity index (χ1v) is 8.49. The molecule has 4 heteroatoms. The Morgan fingerprint density at radius 2 is 1.83 bits per heavy atom. The summed E-state index contributed by atoms with van der Waals surface area (Å²) in [4.78, 5) is 17.8. The maximum absolute atomic E-state index is 13.1. The van der Waals surface area contributed by atoms with Gasteiger partial charge in [0.25, 0.3) is 5.56 Å². The minimum absolute atomic E-state index is 0.0119. The molecule has 1 aromatic heterocycles. The summed E-state index contributed by atoms with van der Waals surface area (Å²) in [7, 11) is 0. The predicted molar refractivity (Wildman–Crippen MR) is 98.7 cm³/mol. The molecule has 1 heterocycles. The number of nitrogens with zero attached hydrogens (tertiary/aromatic N) is 2. The average Bonchev–Trinajstić information content (AvgIpc) is 2.60. The van der Waals surface area contributed by atoms with Crippen molar-refractivity contribution in [1.82, 2.24) is 14.9 Å². The van der Waals surface area contributed by atoms with E-state index in [0.29, 0.717) is 11.9 Å². The molecule has 0 unspecified atom stereocenters. The lowest BCUT2D eigenvalue weighted by atomic mass is 10.2. The molecule has 124 valence electrons. The fourth-order valence-corrected chi connectivity index (χ4v) is 2.86. The molecule has 0 bridgehead atoms. The summed E-state index contributed by atoms with van der Waals surface area (Å²) in [6, 6.07) is 15.5. The van der Waals surface area contributed by atoms with Crippen LogP contribution in [0.25, 0.3) is 16.6 Å². The topological polar surface area (TPSA) is 46.9 Å². The third-order valence-corrected chi connectivity index (χ3v) is 4.19.